The summed E-state index contributed by atoms with van der Waals surface area (Å²) in [6.07, 6.45) is 1.25. The van der Waals surface area contributed by atoms with E-state index in [2.05, 4.69) is 10.4 Å². The van der Waals surface area contributed by atoms with E-state index < -0.39 is 10.8 Å². The highest BCUT2D eigenvalue weighted by Gasteiger charge is 2.25. The number of nitrogens with one attached hydrogen (secondary N) is 1. The van der Waals surface area contributed by atoms with Crippen molar-refractivity contribution in [3.63, 3.8) is 0 Å². The lowest BCUT2D eigenvalue weighted by Crippen LogP contribution is -2.24. The number of nitro groups is 1. The van der Waals surface area contributed by atoms with E-state index in [0.29, 0.717) is 11.6 Å². The summed E-state index contributed by atoms with van der Waals surface area (Å²) in [5, 5.41) is 18.0. The fourth-order valence-corrected chi connectivity index (χ4v) is 1.86. The van der Waals surface area contributed by atoms with Crippen molar-refractivity contribution >= 4 is 23.2 Å². The molecule has 0 unspecified atom stereocenters. The molecule has 8 heteroatoms. The number of hydrogen-bond acceptors (Lipinski definition) is 4. The maximum atomic E-state index is 12.0. The number of hydrogen-bond donors (Lipinski definition) is 1. The maximum absolute atomic E-state index is 12.0. The molecule has 0 saturated carbocycles. The number of rotatable bonds is 5. The third-order valence-electron chi connectivity index (χ3n) is 2.84. The summed E-state index contributed by atoms with van der Waals surface area (Å²) < 4.78 is 1.36. The zero-order valence-electron chi connectivity index (χ0n) is 11.2. The van der Waals surface area contributed by atoms with Gasteiger partial charge in [-0.2, -0.15) is 5.10 Å². The second-order valence-corrected chi connectivity index (χ2v) is 4.72. The van der Waals surface area contributed by atoms with Gasteiger partial charge in [-0.25, -0.2) is 0 Å². The van der Waals surface area contributed by atoms with E-state index in [0.717, 1.165) is 5.56 Å². The van der Waals surface area contributed by atoms with E-state index in [-0.39, 0.29) is 17.9 Å². The Morgan fingerprint density at radius 2 is 2.10 bits per heavy atom. The van der Waals surface area contributed by atoms with Crippen LogP contribution < -0.4 is 5.32 Å². The molecule has 1 aromatic carbocycles. The largest absolute Gasteiger partial charge is 0.346 e. The van der Waals surface area contributed by atoms with Crippen molar-refractivity contribution in [1.82, 2.24) is 15.1 Å². The molecule has 0 fully saturated rings. The lowest BCUT2D eigenvalue weighted by molar-refractivity contribution is -0.385. The third-order valence-corrected chi connectivity index (χ3v) is 3.10. The average molecular weight is 309 g/mol. The van der Waals surface area contributed by atoms with Crippen LogP contribution in [0.5, 0.6) is 0 Å². The fraction of sp³-hybridized carbons (Fsp3) is 0.231. The standard InChI is InChI=1S/C13H13ClN4O3/c1-2-17-8-11(18(20)21)12(16-17)13(19)15-7-9-3-5-10(14)6-4-9/h3-6,8H,2,7H2,1H3,(H,15,19). The molecule has 0 spiro atoms. The molecule has 7 nitrogen and oxygen atoms in total. The molecule has 2 rings (SSSR count). The quantitative estimate of drug-likeness (QED) is 0.678. The van der Waals surface area contributed by atoms with Gasteiger partial charge in [-0.05, 0) is 24.6 Å². The first-order valence-corrected chi connectivity index (χ1v) is 6.63. The van der Waals surface area contributed by atoms with Gasteiger partial charge in [-0.15, -0.1) is 0 Å². The van der Waals surface area contributed by atoms with Gasteiger partial charge in [0.15, 0.2) is 0 Å². The second kappa shape index (κ2) is 6.36. The lowest BCUT2D eigenvalue weighted by atomic mass is 10.2. The maximum Gasteiger partial charge on any atom is 0.320 e. The highest BCUT2D eigenvalue weighted by Crippen LogP contribution is 2.17. The number of benzene rings is 1. The Kier molecular flexibility index (Phi) is 4.54. The van der Waals surface area contributed by atoms with Crippen molar-refractivity contribution in [3.05, 3.63) is 56.9 Å². The minimum Gasteiger partial charge on any atom is -0.346 e. The molecule has 0 aliphatic heterocycles. The minimum absolute atomic E-state index is 0.184. The Morgan fingerprint density at radius 3 is 2.67 bits per heavy atom. The molecule has 0 aliphatic rings. The highest BCUT2D eigenvalue weighted by atomic mass is 35.5. The minimum atomic E-state index is -0.615. The van der Waals surface area contributed by atoms with Gasteiger partial charge in [0.2, 0.25) is 5.69 Å². The number of nitrogens with zero attached hydrogens (tertiary/aromatic N) is 3. The van der Waals surface area contributed by atoms with E-state index in [1.807, 2.05) is 0 Å². The molecule has 0 bridgehead atoms. The van der Waals surface area contributed by atoms with Crippen molar-refractivity contribution < 1.29 is 9.72 Å². The molecule has 0 aliphatic carbocycles. The summed E-state index contributed by atoms with van der Waals surface area (Å²) in [6.45, 7) is 2.48. The average Bonchev–Trinajstić information content (AvgIpc) is 2.91. The monoisotopic (exact) mass is 308 g/mol. The molecule has 21 heavy (non-hydrogen) atoms. The molecule has 0 saturated heterocycles. The van der Waals surface area contributed by atoms with E-state index in [1.165, 1.54) is 10.9 Å². The van der Waals surface area contributed by atoms with Gasteiger partial charge in [0.05, 0.1) is 4.92 Å². The van der Waals surface area contributed by atoms with Gasteiger partial charge in [0, 0.05) is 18.1 Å². The smallest absolute Gasteiger partial charge is 0.320 e. The number of halogens is 1. The first-order chi connectivity index (χ1) is 10.0. The van der Waals surface area contributed by atoms with Crippen molar-refractivity contribution in [3.8, 4) is 0 Å². The Balaban J connectivity index is 2.11. The molecule has 0 radical (unpaired) electrons. The molecule has 1 heterocycles. The van der Waals surface area contributed by atoms with Crippen LogP contribution in [0.25, 0.3) is 0 Å². The first-order valence-electron chi connectivity index (χ1n) is 6.25. The number of aromatic nitrogens is 2. The van der Waals surface area contributed by atoms with E-state index >= 15 is 0 Å². The van der Waals surface area contributed by atoms with Crippen molar-refractivity contribution in [2.45, 2.75) is 20.0 Å². The topological polar surface area (TPSA) is 90.1 Å². The lowest BCUT2D eigenvalue weighted by Gasteiger charge is -2.03. The molecule has 1 N–H and O–H groups in total. The Hall–Kier alpha value is -2.41. The van der Waals surface area contributed by atoms with E-state index in [1.54, 1.807) is 31.2 Å². The van der Waals surface area contributed by atoms with Gasteiger partial charge in [0.1, 0.15) is 6.20 Å². The van der Waals surface area contributed by atoms with Crippen LogP contribution in [0, 0.1) is 10.1 Å². The molecule has 2 aromatic rings. The van der Waals surface area contributed by atoms with Gasteiger partial charge in [-0.1, -0.05) is 23.7 Å². The molecular formula is C13H13ClN4O3. The van der Waals surface area contributed by atoms with Crippen LogP contribution in [0.15, 0.2) is 30.5 Å². The van der Waals surface area contributed by atoms with Gasteiger partial charge in [0.25, 0.3) is 5.91 Å². The zero-order valence-corrected chi connectivity index (χ0v) is 12.0. The molecule has 1 amide bonds. The molecule has 0 atom stereocenters. The van der Waals surface area contributed by atoms with Gasteiger partial charge < -0.3 is 5.32 Å². The number of carbonyl (C=O) groups is 1. The Morgan fingerprint density at radius 1 is 1.43 bits per heavy atom. The number of amides is 1. The van der Waals surface area contributed by atoms with Crippen LogP contribution in [0.1, 0.15) is 23.0 Å². The highest BCUT2D eigenvalue weighted by molar-refractivity contribution is 6.30. The second-order valence-electron chi connectivity index (χ2n) is 4.28. The summed E-state index contributed by atoms with van der Waals surface area (Å²) in [6, 6.07) is 6.94. The van der Waals surface area contributed by atoms with Crippen molar-refractivity contribution in [1.29, 1.82) is 0 Å². The molecule has 1 aromatic heterocycles. The summed E-state index contributed by atoms with van der Waals surface area (Å²) >= 11 is 5.77. The van der Waals surface area contributed by atoms with Gasteiger partial charge >= 0.3 is 5.69 Å². The van der Waals surface area contributed by atoms with Gasteiger partial charge in [-0.3, -0.25) is 19.6 Å². The van der Waals surface area contributed by atoms with Crippen molar-refractivity contribution in [2.24, 2.45) is 0 Å². The summed E-state index contributed by atoms with van der Waals surface area (Å²) in [5.74, 6) is -0.580. The van der Waals surface area contributed by atoms with Crippen LogP contribution in [-0.4, -0.2) is 20.6 Å². The third kappa shape index (κ3) is 3.57. The van der Waals surface area contributed by atoms with Crippen molar-refractivity contribution in [2.75, 3.05) is 0 Å². The molecule has 110 valence electrons. The Bertz CT molecular complexity index is 667. The van der Waals surface area contributed by atoms with Crippen LogP contribution in [0.2, 0.25) is 5.02 Å². The van der Waals surface area contributed by atoms with Crippen LogP contribution in [0.3, 0.4) is 0 Å². The summed E-state index contributed by atoms with van der Waals surface area (Å²) in [5.41, 5.74) is 0.353. The van der Waals surface area contributed by atoms with Crippen LogP contribution >= 0.6 is 11.6 Å². The molecular weight excluding hydrogens is 296 g/mol. The Labute approximate surface area is 125 Å². The first kappa shape index (κ1) is 15.0. The number of carbonyl (C=O) groups excluding carboxylic acids is 1. The van der Waals surface area contributed by atoms with E-state index in [9.17, 15) is 14.9 Å². The van der Waals surface area contributed by atoms with Crippen LogP contribution in [0.4, 0.5) is 5.69 Å². The predicted molar refractivity (Wildman–Crippen MR) is 77.2 cm³/mol. The predicted octanol–water partition coefficient (Wildman–Crippen LogP) is 2.39. The summed E-state index contributed by atoms with van der Waals surface area (Å²) in [7, 11) is 0. The SMILES string of the molecule is CCn1cc([N+](=O)[O-])c(C(=O)NCc2ccc(Cl)cc2)n1. The zero-order chi connectivity index (χ0) is 15.4. The van der Waals surface area contributed by atoms with Crippen LogP contribution in [-0.2, 0) is 13.1 Å². The summed E-state index contributed by atoms with van der Waals surface area (Å²) in [4.78, 5) is 22.3. The fourth-order valence-electron chi connectivity index (χ4n) is 1.74. The number of aryl methyl sites for hydroxylation is 1. The van der Waals surface area contributed by atoms with E-state index in [4.69, 9.17) is 11.6 Å². The normalized spacial score (nSPS) is 10.4.